The molecule has 0 aliphatic heterocycles. The van der Waals surface area contributed by atoms with Crippen molar-refractivity contribution in [2.24, 2.45) is 0 Å². The number of rotatable bonds is 1. The monoisotopic (exact) mass is 167 g/mol. The highest BCUT2D eigenvalue weighted by Crippen LogP contribution is 2.18. The van der Waals surface area contributed by atoms with E-state index in [1.165, 1.54) is 0 Å². The van der Waals surface area contributed by atoms with Crippen LogP contribution in [-0.2, 0) is 0 Å². The number of benzene rings is 1. The van der Waals surface area contributed by atoms with Crippen LogP contribution in [0.2, 0.25) is 0 Å². The summed E-state index contributed by atoms with van der Waals surface area (Å²) >= 11 is 5.27. The molecule has 0 N–H and O–H groups in total. The first-order valence-corrected chi connectivity index (χ1v) is 3.94. The first-order chi connectivity index (χ1) is 4.83. The van der Waals surface area contributed by atoms with Crippen molar-refractivity contribution in [2.45, 2.75) is 9.79 Å². The van der Waals surface area contributed by atoms with Gasteiger partial charge in [0.05, 0.1) is 0 Å². The molecular weight excluding hydrogens is 162 g/mol. The molecule has 0 saturated carbocycles. The number of thioether (sulfide) groups is 1. The summed E-state index contributed by atoms with van der Waals surface area (Å²) in [4.78, 5) is 1.83. The van der Waals surface area contributed by atoms with Crippen LogP contribution in [0.4, 0.5) is 0 Å². The Morgan fingerprint density at radius 1 is 1.50 bits per heavy atom. The topological polar surface area (TPSA) is 23.8 Å². The van der Waals surface area contributed by atoms with Crippen LogP contribution < -0.4 is 0 Å². The first-order valence-electron chi connectivity index (χ1n) is 2.68. The second-order valence-electron chi connectivity index (χ2n) is 1.69. The van der Waals surface area contributed by atoms with Gasteiger partial charge in [0.1, 0.15) is 5.40 Å². The average Bonchev–Trinajstić information content (AvgIpc) is 1.88. The van der Waals surface area contributed by atoms with E-state index in [2.05, 4.69) is 12.6 Å². The molecule has 0 radical (unpaired) electrons. The summed E-state index contributed by atoms with van der Waals surface area (Å²) in [7, 11) is 0. The lowest BCUT2D eigenvalue weighted by Crippen LogP contribution is -1.67. The van der Waals surface area contributed by atoms with E-state index in [1.54, 1.807) is 0 Å². The van der Waals surface area contributed by atoms with Gasteiger partial charge in [0.25, 0.3) is 0 Å². The second kappa shape index (κ2) is 3.55. The standard InChI is InChI=1S/C7H5NS2/c8-5-10-7-3-1-2-6(9)4-7/h1-4,9H. The zero-order chi connectivity index (χ0) is 7.40. The van der Waals surface area contributed by atoms with E-state index in [9.17, 15) is 0 Å². The predicted molar refractivity (Wildman–Crippen MR) is 45.2 cm³/mol. The molecule has 0 aliphatic rings. The number of nitriles is 1. The van der Waals surface area contributed by atoms with E-state index in [4.69, 9.17) is 5.26 Å². The Bertz CT molecular complexity index is 265. The number of nitrogens with zero attached hydrogens (tertiary/aromatic N) is 1. The molecule has 0 aromatic heterocycles. The van der Waals surface area contributed by atoms with Gasteiger partial charge in [-0.3, -0.25) is 0 Å². The number of hydrogen-bond donors (Lipinski definition) is 1. The number of thiocyanates is 1. The molecule has 0 amide bonds. The van der Waals surface area contributed by atoms with Crippen molar-refractivity contribution in [3.8, 4) is 5.40 Å². The van der Waals surface area contributed by atoms with Gasteiger partial charge in [-0.05, 0) is 30.0 Å². The van der Waals surface area contributed by atoms with Gasteiger partial charge in [0, 0.05) is 9.79 Å². The Morgan fingerprint density at radius 2 is 2.30 bits per heavy atom. The van der Waals surface area contributed by atoms with E-state index in [1.807, 2.05) is 29.7 Å². The average molecular weight is 167 g/mol. The Balaban J connectivity index is 2.87. The Labute approximate surface area is 69.5 Å². The summed E-state index contributed by atoms with van der Waals surface area (Å²) in [5, 5.41) is 10.3. The molecule has 0 fully saturated rings. The molecule has 1 nitrogen and oxygen atoms in total. The Hall–Kier alpha value is -0.590. The van der Waals surface area contributed by atoms with Crippen molar-refractivity contribution in [3.63, 3.8) is 0 Å². The molecule has 1 aromatic rings. The lowest BCUT2D eigenvalue weighted by Gasteiger charge is -1.92. The normalized spacial score (nSPS) is 8.80. The fraction of sp³-hybridized carbons (Fsp3) is 0. The zero-order valence-corrected chi connectivity index (χ0v) is 6.82. The highest BCUT2D eigenvalue weighted by atomic mass is 32.2. The van der Waals surface area contributed by atoms with Crippen LogP contribution in [0.15, 0.2) is 34.1 Å². The SMILES string of the molecule is N#CSc1cccc(S)c1. The molecule has 1 rings (SSSR count). The minimum Gasteiger partial charge on any atom is -0.185 e. The number of thiol groups is 1. The molecule has 3 heteroatoms. The summed E-state index contributed by atoms with van der Waals surface area (Å²) in [6, 6.07) is 7.50. The molecule has 0 atom stereocenters. The van der Waals surface area contributed by atoms with Gasteiger partial charge in [-0.2, -0.15) is 5.26 Å². The lowest BCUT2D eigenvalue weighted by atomic mass is 10.4. The van der Waals surface area contributed by atoms with E-state index in [0.29, 0.717) is 0 Å². The van der Waals surface area contributed by atoms with Gasteiger partial charge in [-0.25, -0.2) is 0 Å². The van der Waals surface area contributed by atoms with Gasteiger partial charge < -0.3 is 0 Å². The molecule has 0 saturated heterocycles. The Morgan fingerprint density at radius 3 is 2.90 bits per heavy atom. The van der Waals surface area contributed by atoms with E-state index in [0.717, 1.165) is 21.6 Å². The van der Waals surface area contributed by atoms with Crippen molar-refractivity contribution < 1.29 is 0 Å². The van der Waals surface area contributed by atoms with Crippen LogP contribution in [0.25, 0.3) is 0 Å². The maximum atomic E-state index is 8.30. The highest BCUT2D eigenvalue weighted by Gasteiger charge is 1.90. The predicted octanol–water partition coefficient (Wildman–Crippen LogP) is 2.55. The van der Waals surface area contributed by atoms with Crippen LogP contribution in [0.3, 0.4) is 0 Å². The van der Waals surface area contributed by atoms with Crippen molar-refractivity contribution >= 4 is 24.4 Å². The van der Waals surface area contributed by atoms with Crippen LogP contribution >= 0.6 is 24.4 Å². The Kier molecular flexibility index (Phi) is 2.67. The van der Waals surface area contributed by atoms with Gasteiger partial charge in [-0.1, -0.05) is 6.07 Å². The molecule has 0 unspecified atom stereocenters. The van der Waals surface area contributed by atoms with Crippen molar-refractivity contribution in [1.82, 2.24) is 0 Å². The smallest absolute Gasteiger partial charge is 0.138 e. The van der Waals surface area contributed by atoms with Crippen molar-refractivity contribution in [2.75, 3.05) is 0 Å². The second-order valence-corrected chi connectivity index (χ2v) is 3.07. The molecule has 10 heavy (non-hydrogen) atoms. The molecule has 0 spiro atoms. The summed E-state index contributed by atoms with van der Waals surface area (Å²) in [5.74, 6) is 0. The molecule has 0 heterocycles. The van der Waals surface area contributed by atoms with Crippen LogP contribution in [0.5, 0.6) is 0 Å². The summed E-state index contributed by atoms with van der Waals surface area (Å²) in [6.45, 7) is 0. The lowest BCUT2D eigenvalue weighted by molar-refractivity contribution is 1.34. The minimum absolute atomic E-state index is 0.889. The van der Waals surface area contributed by atoms with Crippen molar-refractivity contribution in [3.05, 3.63) is 24.3 Å². The van der Waals surface area contributed by atoms with Crippen LogP contribution in [0, 0.1) is 10.7 Å². The number of hydrogen-bond acceptors (Lipinski definition) is 3. The van der Waals surface area contributed by atoms with Crippen LogP contribution in [0.1, 0.15) is 0 Å². The summed E-state index contributed by atoms with van der Waals surface area (Å²) < 4.78 is 0. The zero-order valence-electron chi connectivity index (χ0n) is 5.11. The fourth-order valence-corrected chi connectivity index (χ4v) is 1.35. The molecule has 0 bridgehead atoms. The van der Waals surface area contributed by atoms with Crippen molar-refractivity contribution in [1.29, 1.82) is 5.26 Å². The van der Waals surface area contributed by atoms with E-state index >= 15 is 0 Å². The van der Waals surface area contributed by atoms with E-state index in [-0.39, 0.29) is 0 Å². The largest absolute Gasteiger partial charge is 0.185 e. The highest BCUT2D eigenvalue weighted by molar-refractivity contribution is 8.03. The summed E-state index contributed by atoms with van der Waals surface area (Å²) in [5.41, 5.74) is 0. The molecule has 0 aliphatic carbocycles. The van der Waals surface area contributed by atoms with Crippen LogP contribution in [-0.4, -0.2) is 0 Å². The van der Waals surface area contributed by atoms with E-state index < -0.39 is 0 Å². The fourth-order valence-electron chi connectivity index (χ4n) is 0.600. The third-order valence-corrected chi connectivity index (χ3v) is 1.84. The maximum absolute atomic E-state index is 8.30. The third kappa shape index (κ3) is 1.98. The van der Waals surface area contributed by atoms with Gasteiger partial charge >= 0.3 is 0 Å². The first kappa shape index (κ1) is 7.52. The quantitative estimate of drug-likeness (QED) is 0.395. The van der Waals surface area contributed by atoms with Gasteiger partial charge in [0.2, 0.25) is 0 Å². The maximum Gasteiger partial charge on any atom is 0.138 e. The minimum atomic E-state index is 0.889. The molecular formula is C7H5NS2. The molecule has 1 aromatic carbocycles. The molecule has 50 valence electrons. The van der Waals surface area contributed by atoms with Gasteiger partial charge in [0.15, 0.2) is 0 Å². The third-order valence-electron chi connectivity index (χ3n) is 0.981. The summed E-state index contributed by atoms with van der Waals surface area (Å²) in [6.07, 6.45) is 0. The van der Waals surface area contributed by atoms with Gasteiger partial charge in [-0.15, -0.1) is 12.6 Å².